The summed E-state index contributed by atoms with van der Waals surface area (Å²) in [6.07, 6.45) is 3.33. The molecule has 1 saturated carbocycles. The number of hydrogen-bond acceptors (Lipinski definition) is 4. The van der Waals surface area contributed by atoms with E-state index in [1.165, 1.54) is 0 Å². The predicted octanol–water partition coefficient (Wildman–Crippen LogP) is 2.82. The highest BCUT2D eigenvalue weighted by molar-refractivity contribution is 6.29. The average molecular weight is 284 g/mol. The largest absolute Gasteiger partial charge is 0.481 e. The summed E-state index contributed by atoms with van der Waals surface area (Å²) in [6.45, 7) is 2.55. The zero-order valence-corrected chi connectivity index (χ0v) is 11.7. The first kappa shape index (κ1) is 14.1. The lowest BCUT2D eigenvalue weighted by atomic mass is 9.71. The van der Waals surface area contributed by atoms with Crippen LogP contribution in [0.5, 0.6) is 0 Å². The highest BCUT2D eigenvalue weighted by Crippen LogP contribution is 2.39. The van der Waals surface area contributed by atoms with E-state index >= 15 is 0 Å². The van der Waals surface area contributed by atoms with Crippen LogP contribution in [0, 0.1) is 11.3 Å². The van der Waals surface area contributed by atoms with E-state index in [2.05, 4.69) is 22.4 Å². The maximum atomic E-state index is 11.6. The maximum absolute atomic E-state index is 11.6. The van der Waals surface area contributed by atoms with E-state index in [1.807, 2.05) is 0 Å². The Morgan fingerprint density at radius 2 is 2.16 bits per heavy atom. The van der Waals surface area contributed by atoms with Gasteiger partial charge in [-0.15, -0.1) is 10.2 Å². The highest BCUT2D eigenvalue weighted by Gasteiger charge is 2.41. The van der Waals surface area contributed by atoms with Crippen molar-refractivity contribution in [3.8, 4) is 0 Å². The molecule has 1 heterocycles. The van der Waals surface area contributed by atoms with Gasteiger partial charge < -0.3 is 10.4 Å². The number of rotatable bonds is 4. The van der Waals surface area contributed by atoms with Crippen molar-refractivity contribution in [3.05, 3.63) is 17.3 Å². The molecular formula is C13H18ClN3O2. The average Bonchev–Trinajstić information content (AvgIpc) is 2.40. The number of nitrogens with zero attached hydrogens (tertiary/aromatic N) is 2. The van der Waals surface area contributed by atoms with Crippen LogP contribution in [0.2, 0.25) is 5.15 Å². The number of hydrogen-bond donors (Lipinski definition) is 2. The van der Waals surface area contributed by atoms with Crippen LogP contribution in [0.25, 0.3) is 0 Å². The Hall–Kier alpha value is -1.36. The summed E-state index contributed by atoms with van der Waals surface area (Å²) < 4.78 is 0. The van der Waals surface area contributed by atoms with Crippen molar-refractivity contribution in [2.24, 2.45) is 11.3 Å². The van der Waals surface area contributed by atoms with Gasteiger partial charge in [-0.1, -0.05) is 18.5 Å². The first-order valence-electron chi connectivity index (χ1n) is 6.48. The van der Waals surface area contributed by atoms with Crippen molar-refractivity contribution < 1.29 is 9.90 Å². The minimum absolute atomic E-state index is 0.324. The number of aromatic nitrogens is 2. The number of carboxylic acid groups (broad SMARTS) is 1. The normalized spacial score (nSPS) is 26.9. The molecule has 0 atom stereocenters. The molecule has 0 amide bonds. The van der Waals surface area contributed by atoms with Gasteiger partial charge in [-0.3, -0.25) is 4.79 Å². The second-order valence-corrected chi connectivity index (χ2v) is 5.75. The first-order chi connectivity index (χ1) is 9.02. The van der Waals surface area contributed by atoms with E-state index in [1.54, 1.807) is 12.1 Å². The molecule has 2 N–H and O–H groups in total. The Labute approximate surface area is 117 Å². The molecular weight excluding hydrogens is 266 g/mol. The molecule has 1 aliphatic rings. The molecule has 0 aliphatic heterocycles. The van der Waals surface area contributed by atoms with Gasteiger partial charge in [0.1, 0.15) is 5.82 Å². The number of carboxylic acids is 1. The summed E-state index contributed by atoms with van der Waals surface area (Å²) in [5.74, 6) is 0.445. The third-order valence-electron chi connectivity index (χ3n) is 3.92. The lowest BCUT2D eigenvalue weighted by molar-refractivity contribution is -0.150. The molecule has 1 aromatic heterocycles. The van der Waals surface area contributed by atoms with E-state index in [0.29, 0.717) is 36.3 Å². The van der Waals surface area contributed by atoms with Crippen molar-refractivity contribution in [3.63, 3.8) is 0 Å². The third kappa shape index (κ3) is 3.35. The lowest BCUT2D eigenvalue weighted by Gasteiger charge is -2.35. The molecule has 19 heavy (non-hydrogen) atoms. The molecule has 0 saturated heterocycles. The van der Waals surface area contributed by atoms with Crippen LogP contribution >= 0.6 is 11.6 Å². The monoisotopic (exact) mass is 283 g/mol. The molecule has 1 aromatic rings. The van der Waals surface area contributed by atoms with Gasteiger partial charge in [-0.2, -0.15) is 0 Å². The van der Waals surface area contributed by atoms with Crippen molar-refractivity contribution in [1.29, 1.82) is 0 Å². The highest BCUT2D eigenvalue weighted by atomic mass is 35.5. The quantitative estimate of drug-likeness (QED) is 0.889. The number of halogens is 1. The lowest BCUT2D eigenvalue weighted by Crippen LogP contribution is -2.41. The van der Waals surface area contributed by atoms with Gasteiger partial charge in [0.25, 0.3) is 0 Å². The topological polar surface area (TPSA) is 75.1 Å². The van der Waals surface area contributed by atoms with Gasteiger partial charge >= 0.3 is 5.97 Å². The van der Waals surface area contributed by atoms with Crippen molar-refractivity contribution in [2.75, 3.05) is 11.9 Å². The van der Waals surface area contributed by atoms with Crippen molar-refractivity contribution in [2.45, 2.75) is 32.6 Å². The SMILES string of the molecule is CC1CCC(CNc2ccc(Cl)nn2)(C(=O)O)CC1. The minimum atomic E-state index is -0.728. The van der Waals surface area contributed by atoms with Gasteiger partial charge in [-0.05, 0) is 43.7 Å². The Bertz CT molecular complexity index is 442. The van der Waals surface area contributed by atoms with Gasteiger partial charge in [0.05, 0.1) is 5.41 Å². The van der Waals surface area contributed by atoms with E-state index in [-0.39, 0.29) is 0 Å². The Kier molecular flexibility index (Phi) is 4.24. The van der Waals surface area contributed by atoms with Crippen LogP contribution in [0.3, 0.4) is 0 Å². The van der Waals surface area contributed by atoms with Gasteiger partial charge in [0.15, 0.2) is 5.15 Å². The van der Waals surface area contributed by atoms with Gasteiger partial charge in [0, 0.05) is 6.54 Å². The molecule has 5 nitrogen and oxygen atoms in total. The van der Waals surface area contributed by atoms with E-state index in [0.717, 1.165) is 12.8 Å². The molecule has 0 unspecified atom stereocenters. The summed E-state index contributed by atoms with van der Waals surface area (Å²) >= 11 is 5.66. The number of aliphatic carboxylic acids is 1. The summed E-state index contributed by atoms with van der Waals surface area (Å²) in [7, 11) is 0. The number of anilines is 1. The fraction of sp³-hybridized carbons (Fsp3) is 0.615. The second-order valence-electron chi connectivity index (χ2n) is 5.36. The van der Waals surface area contributed by atoms with E-state index in [9.17, 15) is 9.90 Å². The predicted molar refractivity (Wildman–Crippen MR) is 73.2 cm³/mol. The van der Waals surface area contributed by atoms with E-state index < -0.39 is 11.4 Å². The smallest absolute Gasteiger partial charge is 0.311 e. The Morgan fingerprint density at radius 1 is 1.47 bits per heavy atom. The molecule has 1 aliphatic carbocycles. The fourth-order valence-electron chi connectivity index (χ4n) is 2.45. The maximum Gasteiger partial charge on any atom is 0.311 e. The molecule has 2 rings (SSSR count). The van der Waals surface area contributed by atoms with Crippen LogP contribution in [-0.2, 0) is 4.79 Å². The summed E-state index contributed by atoms with van der Waals surface area (Å²) in [4.78, 5) is 11.6. The molecule has 104 valence electrons. The van der Waals surface area contributed by atoms with Gasteiger partial charge in [-0.25, -0.2) is 0 Å². The Morgan fingerprint density at radius 3 is 2.68 bits per heavy atom. The molecule has 6 heteroatoms. The van der Waals surface area contributed by atoms with Crippen LogP contribution < -0.4 is 5.32 Å². The Balaban J connectivity index is 2.01. The molecule has 0 aromatic carbocycles. The van der Waals surface area contributed by atoms with E-state index in [4.69, 9.17) is 11.6 Å². The molecule has 0 bridgehead atoms. The second kappa shape index (κ2) is 5.74. The summed E-state index contributed by atoms with van der Waals surface area (Å²) in [5.41, 5.74) is -0.687. The minimum Gasteiger partial charge on any atom is -0.481 e. The van der Waals surface area contributed by atoms with Crippen LogP contribution in [-0.4, -0.2) is 27.8 Å². The number of nitrogens with one attached hydrogen (secondary N) is 1. The third-order valence-corrected chi connectivity index (χ3v) is 4.13. The molecule has 1 fully saturated rings. The molecule has 0 radical (unpaired) electrons. The zero-order valence-electron chi connectivity index (χ0n) is 10.9. The number of carbonyl (C=O) groups is 1. The van der Waals surface area contributed by atoms with Crippen LogP contribution in [0.4, 0.5) is 5.82 Å². The summed E-state index contributed by atoms with van der Waals surface area (Å²) in [5, 5.41) is 20.5. The van der Waals surface area contributed by atoms with Crippen LogP contribution in [0.15, 0.2) is 12.1 Å². The first-order valence-corrected chi connectivity index (χ1v) is 6.86. The van der Waals surface area contributed by atoms with Crippen molar-refractivity contribution >= 4 is 23.4 Å². The molecule has 0 spiro atoms. The van der Waals surface area contributed by atoms with Crippen LogP contribution in [0.1, 0.15) is 32.6 Å². The summed E-state index contributed by atoms with van der Waals surface area (Å²) in [6, 6.07) is 3.34. The zero-order chi connectivity index (χ0) is 13.9. The van der Waals surface area contributed by atoms with Crippen molar-refractivity contribution in [1.82, 2.24) is 10.2 Å². The van der Waals surface area contributed by atoms with Gasteiger partial charge in [0.2, 0.25) is 0 Å². The fourth-order valence-corrected chi connectivity index (χ4v) is 2.55. The standard InChI is InChI=1S/C13H18ClN3O2/c1-9-4-6-13(7-5-9,12(18)19)8-15-11-3-2-10(14)16-17-11/h2-3,9H,4-8H2,1H3,(H,15,17)(H,18,19).